The third kappa shape index (κ3) is 5.57. The van der Waals surface area contributed by atoms with Gasteiger partial charge in [-0.3, -0.25) is 4.90 Å². The van der Waals surface area contributed by atoms with E-state index in [0.29, 0.717) is 19.6 Å². The Morgan fingerprint density at radius 2 is 1.91 bits per heavy atom. The second-order valence-corrected chi connectivity index (χ2v) is 5.12. The predicted octanol–water partition coefficient (Wildman–Crippen LogP) is 2.31. The van der Waals surface area contributed by atoms with Crippen LogP contribution in [0.25, 0.3) is 0 Å². The Morgan fingerprint density at radius 1 is 1.22 bits per heavy atom. The zero-order valence-corrected chi connectivity index (χ0v) is 12.6. The number of aromatic nitrogens is 2. The fourth-order valence-corrected chi connectivity index (χ4v) is 2.18. The molecule has 0 aliphatic rings. The van der Waals surface area contributed by atoms with Gasteiger partial charge in [0, 0.05) is 32.9 Å². The molecule has 0 aliphatic carbocycles. The monoisotopic (exact) mass is 329 g/mol. The minimum absolute atomic E-state index is 0.00683. The van der Waals surface area contributed by atoms with Crippen molar-refractivity contribution in [2.45, 2.75) is 19.5 Å². The second-order valence-electron chi connectivity index (χ2n) is 5.12. The molecule has 8 heteroatoms. The third-order valence-corrected chi connectivity index (χ3v) is 3.28. The topological polar surface area (TPSA) is 50.5 Å². The molecule has 0 saturated heterocycles. The summed E-state index contributed by atoms with van der Waals surface area (Å²) in [6.45, 7) is 1.52. The van der Waals surface area contributed by atoms with Gasteiger partial charge >= 0.3 is 6.36 Å². The number of hydrogen-bond acceptors (Lipinski definition) is 4. The second kappa shape index (κ2) is 7.47. The lowest BCUT2D eigenvalue weighted by Crippen LogP contribution is -2.27. The van der Waals surface area contributed by atoms with Crippen LogP contribution < -0.4 is 4.74 Å². The van der Waals surface area contributed by atoms with E-state index in [1.807, 2.05) is 16.5 Å². The summed E-state index contributed by atoms with van der Waals surface area (Å²) in [5, 5.41) is 9.18. The molecule has 5 nitrogen and oxygen atoms in total. The summed E-state index contributed by atoms with van der Waals surface area (Å²) in [6, 6.07) is 5.72. The minimum Gasteiger partial charge on any atom is -0.406 e. The van der Waals surface area contributed by atoms with Crippen LogP contribution in [0.15, 0.2) is 36.8 Å². The van der Waals surface area contributed by atoms with Crippen molar-refractivity contribution in [3.8, 4) is 5.75 Å². The molecule has 126 valence electrons. The smallest absolute Gasteiger partial charge is 0.406 e. The van der Waals surface area contributed by atoms with Gasteiger partial charge in [0.15, 0.2) is 0 Å². The van der Waals surface area contributed by atoms with Crippen molar-refractivity contribution in [1.82, 2.24) is 14.5 Å². The lowest BCUT2D eigenvalue weighted by Gasteiger charge is -2.21. The van der Waals surface area contributed by atoms with Crippen molar-refractivity contribution >= 4 is 0 Å². The Morgan fingerprint density at radius 3 is 2.43 bits per heavy atom. The highest BCUT2D eigenvalue weighted by molar-refractivity contribution is 5.27. The van der Waals surface area contributed by atoms with Gasteiger partial charge in [0.1, 0.15) is 5.75 Å². The zero-order chi connectivity index (χ0) is 16.9. The predicted molar refractivity (Wildman–Crippen MR) is 77.5 cm³/mol. The van der Waals surface area contributed by atoms with E-state index in [0.717, 1.165) is 11.3 Å². The van der Waals surface area contributed by atoms with Crippen molar-refractivity contribution < 1.29 is 23.0 Å². The largest absolute Gasteiger partial charge is 0.573 e. The van der Waals surface area contributed by atoms with Crippen molar-refractivity contribution in [2.75, 3.05) is 13.2 Å². The molecule has 1 aromatic carbocycles. The number of alkyl halides is 3. The van der Waals surface area contributed by atoms with Gasteiger partial charge in [0.05, 0.1) is 18.6 Å². The van der Waals surface area contributed by atoms with Crippen LogP contribution in [0.1, 0.15) is 11.3 Å². The molecular weight excluding hydrogens is 311 g/mol. The first-order valence-corrected chi connectivity index (χ1v) is 7.00. The number of halogens is 3. The van der Waals surface area contributed by atoms with Crippen LogP contribution in [-0.4, -0.2) is 39.1 Å². The van der Waals surface area contributed by atoms with Crippen LogP contribution in [0.2, 0.25) is 0 Å². The van der Waals surface area contributed by atoms with Crippen molar-refractivity contribution in [2.24, 2.45) is 7.05 Å². The number of ether oxygens (including phenoxy) is 1. The molecule has 0 saturated carbocycles. The zero-order valence-electron chi connectivity index (χ0n) is 12.6. The molecule has 0 amide bonds. The fraction of sp³-hybridized carbons (Fsp3) is 0.400. The number of imidazole rings is 1. The molecule has 0 atom stereocenters. The Hall–Kier alpha value is -2.06. The lowest BCUT2D eigenvalue weighted by atomic mass is 10.2. The number of aryl methyl sites for hydroxylation is 1. The van der Waals surface area contributed by atoms with Crippen LogP contribution in [0.4, 0.5) is 13.2 Å². The number of aliphatic hydroxyl groups is 1. The van der Waals surface area contributed by atoms with Gasteiger partial charge < -0.3 is 14.4 Å². The Kier molecular flexibility index (Phi) is 5.62. The highest BCUT2D eigenvalue weighted by atomic mass is 19.4. The van der Waals surface area contributed by atoms with Gasteiger partial charge in [-0.15, -0.1) is 13.2 Å². The van der Waals surface area contributed by atoms with E-state index < -0.39 is 6.36 Å². The molecule has 0 bridgehead atoms. The van der Waals surface area contributed by atoms with E-state index in [1.54, 1.807) is 24.7 Å². The van der Waals surface area contributed by atoms with Gasteiger partial charge in [-0.2, -0.15) is 0 Å². The summed E-state index contributed by atoms with van der Waals surface area (Å²) in [5.41, 5.74) is 1.81. The van der Waals surface area contributed by atoms with Crippen molar-refractivity contribution in [3.05, 3.63) is 48.0 Å². The third-order valence-electron chi connectivity index (χ3n) is 3.28. The first kappa shape index (κ1) is 17.3. The molecule has 23 heavy (non-hydrogen) atoms. The van der Waals surface area contributed by atoms with E-state index in [-0.39, 0.29) is 12.4 Å². The summed E-state index contributed by atoms with van der Waals surface area (Å²) >= 11 is 0. The molecule has 0 radical (unpaired) electrons. The first-order chi connectivity index (χ1) is 10.9. The minimum atomic E-state index is -4.69. The normalized spacial score (nSPS) is 11.9. The maximum atomic E-state index is 12.1. The van der Waals surface area contributed by atoms with Gasteiger partial charge in [0.25, 0.3) is 0 Å². The SMILES string of the molecule is Cn1cncc1CN(CCO)Cc1ccc(OC(F)(F)F)cc1. The number of benzene rings is 1. The number of aliphatic hydroxyl groups excluding tert-OH is 1. The Labute approximate surface area is 131 Å². The van der Waals surface area contributed by atoms with E-state index in [9.17, 15) is 18.3 Å². The average molecular weight is 329 g/mol. The van der Waals surface area contributed by atoms with E-state index in [4.69, 9.17) is 0 Å². The molecule has 0 spiro atoms. The Bertz CT molecular complexity index is 611. The maximum absolute atomic E-state index is 12.1. The molecule has 1 N–H and O–H groups in total. The molecule has 1 aromatic heterocycles. The van der Waals surface area contributed by atoms with Crippen LogP contribution >= 0.6 is 0 Å². The molecular formula is C15H18F3N3O2. The summed E-state index contributed by atoms with van der Waals surface area (Å²) in [4.78, 5) is 6.02. The van der Waals surface area contributed by atoms with E-state index in [2.05, 4.69) is 9.72 Å². The number of hydrogen-bond donors (Lipinski definition) is 1. The van der Waals surface area contributed by atoms with Crippen LogP contribution in [0.5, 0.6) is 5.75 Å². The van der Waals surface area contributed by atoms with Crippen LogP contribution in [0, 0.1) is 0 Å². The average Bonchev–Trinajstić information content (AvgIpc) is 2.85. The van der Waals surface area contributed by atoms with Crippen molar-refractivity contribution in [1.29, 1.82) is 0 Å². The summed E-state index contributed by atoms with van der Waals surface area (Å²) < 4.78 is 42.1. The van der Waals surface area contributed by atoms with Crippen LogP contribution in [0.3, 0.4) is 0 Å². The van der Waals surface area contributed by atoms with Gasteiger partial charge in [-0.25, -0.2) is 4.98 Å². The molecule has 0 unspecified atom stereocenters. The quantitative estimate of drug-likeness (QED) is 0.847. The number of rotatable bonds is 7. The summed E-state index contributed by atoms with van der Waals surface area (Å²) in [7, 11) is 1.88. The highest BCUT2D eigenvalue weighted by Crippen LogP contribution is 2.23. The van der Waals surface area contributed by atoms with Gasteiger partial charge in [0.2, 0.25) is 0 Å². The Balaban J connectivity index is 2.00. The summed E-state index contributed by atoms with van der Waals surface area (Å²) in [6.07, 6.45) is -1.26. The van der Waals surface area contributed by atoms with Gasteiger partial charge in [-0.05, 0) is 17.7 Å². The highest BCUT2D eigenvalue weighted by Gasteiger charge is 2.30. The molecule has 2 rings (SSSR count). The first-order valence-electron chi connectivity index (χ1n) is 7.00. The van der Waals surface area contributed by atoms with E-state index in [1.165, 1.54) is 12.1 Å². The van der Waals surface area contributed by atoms with Crippen molar-refractivity contribution in [3.63, 3.8) is 0 Å². The number of nitrogens with zero attached hydrogens (tertiary/aromatic N) is 3. The van der Waals surface area contributed by atoms with Gasteiger partial charge in [-0.1, -0.05) is 12.1 Å². The summed E-state index contributed by atoms with van der Waals surface area (Å²) in [5.74, 6) is -0.249. The van der Waals surface area contributed by atoms with Crippen LogP contribution in [-0.2, 0) is 20.1 Å². The fourth-order valence-electron chi connectivity index (χ4n) is 2.18. The lowest BCUT2D eigenvalue weighted by molar-refractivity contribution is -0.274. The molecule has 1 heterocycles. The standard InChI is InChI=1S/C15H18F3N3O2/c1-20-11-19-8-13(20)10-21(6-7-22)9-12-2-4-14(5-3-12)23-15(16,17)18/h2-5,8,11,22H,6-7,9-10H2,1H3. The molecule has 2 aromatic rings. The molecule has 0 aliphatic heterocycles. The maximum Gasteiger partial charge on any atom is 0.573 e. The molecule has 0 fully saturated rings. The van der Waals surface area contributed by atoms with E-state index >= 15 is 0 Å².